The number of rotatable bonds is 6. The third kappa shape index (κ3) is 4.14. The molecule has 0 aliphatic carbocycles. The van der Waals surface area contributed by atoms with E-state index in [9.17, 15) is 5.11 Å². The van der Waals surface area contributed by atoms with E-state index in [1.54, 1.807) is 24.3 Å². The molecule has 7 N–H and O–H groups in total. The molecule has 0 radical (unpaired) electrons. The van der Waals surface area contributed by atoms with Crippen LogP contribution in [0.1, 0.15) is 25.3 Å². The standard InChI is InChI=1S/C18H29N5O/c1-3-23(12-13-7-6-10-22(13)2)16(18(20)21)11-15(19)14-8-4-5-9-17(14)24/h4-5,8-9,11,13,24H,3,6-7,10,12,19-21H2,1-2H3/b15-11-. The van der Waals surface area contributed by atoms with Gasteiger partial charge in [-0.1, -0.05) is 12.1 Å². The lowest BCUT2D eigenvalue weighted by molar-refractivity contribution is 0.233. The Labute approximate surface area is 144 Å². The molecule has 1 heterocycles. The SMILES string of the molecule is CCN(CC1CCCN1C)C(/C=C(\N)c1ccccc1O)=C(N)N. The first-order chi connectivity index (χ1) is 11.4. The maximum absolute atomic E-state index is 9.97. The molecule has 132 valence electrons. The van der Waals surface area contributed by atoms with Gasteiger partial charge in [-0.25, -0.2) is 0 Å². The van der Waals surface area contributed by atoms with Crippen molar-refractivity contribution >= 4 is 5.70 Å². The van der Waals surface area contributed by atoms with E-state index in [4.69, 9.17) is 17.2 Å². The fraction of sp³-hybridized carbons (Fsp3) is 0.444. The highest BCUT2D eigenvalue weighted by molar-refractivity contribution is 5.69. The van der Waals surface area contributed by atoms with Crippen LogP contribution in [0.5, 0.6) is 5.75 Å². The van der Waals surface area contributed by atoms with Gasteiger partial charge in [-0.05, 0) is 51.6 Å². The van der Waals surface area contributed by atoms with Crippen LogP contribution < -0.4 is 17.2 Å². The first kappa shape index (κ1) is 18.0. The van der Waals surface area contributed by atoms with E-state index in [1.165, 1.54) is 12.8 Å². The molecular weight excluding hydrogens is 302 g/mol. The summed E-state index contributed by atoms with van der Waals surface area (Å²) in [5.74, 6) is 0.371. The van der Waals surface area contributed by atoms with Gasteiger partial charge in [0.05, 0.1) is 5.70 Å². The van der Waals surface area contributed by atoms with Crippen molar-refractivity contribution in [2.75, 3.05) is 26.7 Å². The highest BCUT2D eigenvalue weighted by Gasteiger charge is 2.24. The van der Waals surface area contributed by atoms with Crippen molar-refractivity contribution < 1.29 is 5.11 Å². The van der Waals surface area contributed by atoms with Crippen LogP contribution in [0.25, 0.3) is 5.70 Å². The number of aromatic hydroxyl groups is 1. The van der Waals surface area contributed by atoms with Crippen molar-refractivity contribution in [3.63, 3.8) is 0 Å². The minimum Gasteiger partial charge on any atom is -0.507 e. The topological polar surface area (TPSA) is 105 Å². The number of phenolic OH excluding ortho intramolecular Hbond substituents is 1. The summed E-state index contributed by atoms with van der Waals surface area (Å²) < 4.78 is 0. The monoisotopic (exact) mass is 331 g/mol. The van der Waals surface area contributed by atoms with Gasteiger partial charge in [0, 0.05) is 30.4 Å². The Morgan fingerprint density at radius 2 is 2.04 bits per heavy atom. The summed E-state index contributed by atoms with van der Waals surface area (Å²) in [5.41, 5.74) is 19.8. The fourth-order valence-electron chi connectivity index (χ4n) is 3.16. The van der Waals surface area contributed by atoms with Crippen LogP contribution in [-0.4, -0.2) is 47.6 Å². The van der Waals surface area contributed by atoms with Crippen LogP contribution in [0.4, 0.5) is 0 Å². The van der Waals surface area contributed by atoms with Crippen LogP contribution in [0.3, 0.4) is 0 Å². The number of hydrogen-bond donors (Lipinski definition) is 4. The van der Waals surface area contributed by atoms with Crippen LogP contribution in [0.2, 0.25) is 0 Å². The van der Waals surface area contributed by atoms with Gasteiger partial charge in [-0.3, -0.25) is 0 Å². The smallest absolute Gasteiger partial charge is 0.124 e. The number of nitrogens with zero attached hydrogens (tertiary/aromatic N) is 2. The number of nitrogens with two attached hydrogens (primary N) is 3. The Balaban J connectivity index is 2.26. The van der Waals surface area contributed by atoms with E-state index >= 15 is 0 Å². The third-order valence-electron chi connectivity index (χ3n) is 4.63. The Morgan fingerprint density at radius 1 is 1.33 bits per heavy atom. The van der Waals surface area contributed by atoms with Gasteiger partial charge in [0.1, 0.15) is 11.6 Å². The normalized spacial score (nSPS) is 18.6. The molecule has 1 aliphatic heterocycles. The number of para-hydroxylation sites is 1. The van der Waals surface area contributed by atoms with Crippen LogP contribution >= 0.6 is 0 Å². The van der Waals surface area contributed by atoms with E-state index in [-0.39, 0.29) is 11.6 Å². The molecular formula is C18H29N5O. The molecule has 1 aliphatic rings. The van der Waals surface area contributed by atoms with Gasteiger partial charge in [0.2, 0.25) is 0 Å². The molecule has 1 saturated heterocycles. The van der Waals surface area contributed by atoms with Crippen LogP contribution in [-0.2, 0) is 0 Å². The molecule has 0 aromatic heterocycles. The van der Waals surface area contributed by atoms with E-state index < -0.39 is 0 Å². The number of allylic oxidation sites excluding steroid dienone is 1. The lowest BCUT2D eigenvalue weighted by Crippen LogP contribution is -2.39. The van der Waals surface area contributed by atoms with E-state index in [1.807, 2.05) is 6.07 Å². The lowest BCUT2D eigenvalue weighted by atomic mass is 10.1. The summed E-state index contributed by atoms with van der Waals surface area (Å²) in [7, 11) is 2.15. The molecule has 1 atom stereocenters. The van der Waals surface area contributed by atoms with Gasteiger partial charge in [-0.2, -0.15) is 0 Å². The maximum atomic E-state index is 9.97. The van der Waals surface area contributed by atoms with E-state index in [2.05, 4.69) is 23.8 Å². The molecule has 24 heavy (non-hydrogen) atoms. The summed E-state index contributed by atoms with van der Waals surface area (Å²) in [6.45, 7) is 4.82. The van der Waals surface area contributed by atoms with Crippen molar-refractivity contribution in [1.82, 2.24) is 9.80 Å². The summed E-state index contributed by atoms with van der Waals surface area (Å²) in [6, 6.07) is 7.45. The molecule has 6 heteroatoms. The Bertz CT molecular complexity index is 622. The van der Waals surface area contributed by atoms with E-state index in [0.717, 1.165) is 19.6 Å². The number of likely N-dealkylation sites (tertiary alicyclic amines) is 1. The minimum absolute atomic E-state index is 0.139. The summed E-state index contributed by atoms with van der Waals surface area (Å²) in [5, 5.41) is 9.97. The number of likely N-dealkylation sites (N-methyl/N-ethyl adjacent to an activating group) is 2. The van der Waals surface area contributed by atoms with Crippen molar-refractivity contribution in [3.8, 4) is 5.75 Å². The quantitative estimate of drug-likeness (QED) is 0.584. The highest BCUT2D eigenvalue weighted by Crippen LogP contribution is 2.24. The number of hydrogen-bond acceptors (Lipinski definition) is 6. The van der Waals surface area contributed by atoms with Crippen molar-refractivity contribution in [2.45, 2.75) is 25.8 Å². The lowest BCUT2D eigenvalue weighted by Gasteiger charge is -2.31. The molecule has 1 fully saturated rings. The third-order valence-corrected chi connectivity index (χ3v) is 4.63. The molecule has 6 nitrogen and oxygen atoms in total. The zero-order valence-corrected chi connectivity index (χ0v) is 14.6. The van der Waals surface area contributed by atoms with Gasteiger partial charge in [0.15, 0.2) is 0 Å². The first-order valence-electron chi connectivity index (χ1n) is 8.40. The van der Waals surface area contributed by atoms with Crippen LogP contribution in [0, 0.1) is 0 Å². The zero-order valence-electron chi connectivity index (χ0n) is 14.6. The molecule has 2 rings (SSSR count). The van der Waals surface area contributed by atoms with Crippen molar-refractivity contribution in [2.24, 2.45) is 17.2 Å². The summed E-state index contributed by atoms with van der Waals surface area (Å²) >= 11 is 0. The highest BCUT2D eigenvalue weighted by atomic mass is 16.3. The molecule has 0 spiro atoms. The largest absolute Gasteiger partial charge is 0.507 e. The van der Waals surface area contributed by atoms with Gasteiger partial charge < -0.3 is 32.1 Å². The summed E-state index contributed by atoms with van der Waals surface area (Å²) in [6.07, 6.45) is 4.14. The Kier molecular flexibility index (Phi) is 5.98. The average molecular weight is 331 g/mol. The molecule has 0 amide bonds. The number of phenols is 1. The van der Waals surface area contributed by atoms with E-state index in [0.29, 0.717) is 23.0 Å². The summed E-state index contributed by atoms with van der Waals surface area (Å²) in [4.78, 5) is 4.51. The molecule has 1 aromatic carbocycles. The second-order valence-electron chi connectivity index (χ2n) is 6.27. The van der Waals surface area contributed by atoms with Crippen LogP contribution in [0.15, 0.2) is 41.9 Å². The first-order valence-corrected chi connectivity index (χ1v) is 8.40. The van der Waals surface area contributed by atoms with Gasteiger partial charge >= 0.3 is 0 Å². The predicted molar refractivity (Wildman–Crippen MR) is 98.6 cm³/mol. The van der Waals surface area contributed by atoms with Gasteiger partial charge in [0.25, 0.3) is 0 Å². The minimum atomic E-state index is 0.139. The zero-order chi connectivity index (χ0) is 17.7. The second-order valence-corrected chi connectivity index (χ2v) is 6.27. The molecule has 0 bridgehead atoms. The fourth-order valence-corrected chi connectivity index (χ4v) is 3.16. The molecule has 1 aromatic rings. The molecule has 1 unspecified atom stereocenters. The average Bonchev–Trinajstić information content (AvgIpc) is 2.95. The Hall–Kier alpha value is -2.34. The van der Waals surface area contributed by atoms with Gasteiger partial charge in [-0.15, -0.1) is 0 Å². The maximum Gasteiger partial charge on any atom is 0.124 e. The predicted octanol–water partition coefficient (Wildman–Crippen LogP) is 1.19. The van der Waals surface area contributed by atoms with Crippen molar-refractivity contribution in [3.05, 3.63) is 47.4 Å². The molecule has 0 saturated carbocycles. The second kappa shape index (κ2) is 7.97. The number of benzene rings is 1. The van der Waals surface area contributed by atoms with Crippen molar-refractivity contribution in [1.29, 1.82) is 0 Å². The Morgan fingerprint density at radius 3 is 2.58 bits per heavy atom.